The molecule has 1 saturated carbocycles. The first-order valence-corrected chi connectivity index (χ1v) is 10.8. The summed E-state index contributed by atoms with van der Waals surface area (Å²) in [6.45, 7) is 0. The van der Waals surface area contributed by atoms with Gasteiger partial charge in [0.2, 0.25) is 11.7 Å². The van der Waals surface area contributed by atoms with Gasteiger partial charge < -0.3 is 9.47 Å². The summed E-state index contributed by atoms with van der Waals surface area (Å²) in [7, 11) is 0. The molecule has 2 aromatic carbocycles. The minimum absolute atomic E-state index is 0.140. The van der Waals surface area contributed by atoms with Gasteiger partial charge in [-0.1, -0.05) is 60.7 Å². The number of nitrogens with one attached hydrogen (secondary N) is 1. The lowest BCUT2D eigenvalue weighted by Gasteiger charge is -2.52. The maximum absolute atomic E-state index is 10.5. The van der Waals surface area contributed by atoms with Gasteiger partial charge in [0.15, 0.2) is 10.8 Å². The molecule has 3 fully saturated rings. The van der Waals surface area contributed by atoms with Crippen molar-refractivity contribution in [1.82, 2.24) is 0 Å². The van der Waals surface area contributed by atoms with Crippen LogP contribution < -0.4 is 0 Å². The second kappa shape index (κ2) is 7.20. The van der Waals surface area contributed by atoms with E-state index >= 15 is 0 Å². The van der Waals surface area contributed by atoms with Crippen molar-refractivity contribution >= 4 is 5.90 Å². The molecule has 2 aromatic rings. The molecule has 6 heteroatoms. The van der Waals surface area contributed by atoms with E-state index in [0.717, 1.165) is 17.5 Å². The van der Waals surface area contributed by atoms with Gasteiger partial charge >= 0.3 is 0 Å². The van der Waals surface area contributed by atoms with E-state index in [2.05, 4.69) is 30.3 Å². The average Bonchev–Trinajstić information content (AvgIpc) is 3.04. The number of nitriles is 3. The first-order chi connectivity index (χ1) is 15.5. The number of nitrogens with zero attached hydrogens (tertiary/aromatic N) is 3. The van der Waals surface area contributed by atoms with Crippen molar-refractivity contribution in [2.75, 3.05) is 0 Å². The van der Waals surface area contributed by atoms with Gasteiger partial charge in [0.05, 0.1) is 24.1 Å². The summed E-state index contributed by atoms with van der Waals surface area (Å²) in [6, 6.07) is 26.1. The van der Waals surface area contributed by atoms with Crippen LogP contribution in [-0.2, 0) is 15.9 Å². The largest absolute Gasteiger partial charge is 0.447 e. The van der Waals surface area contributed by atoms with Crippen LogP contribution in [0.1, 0.15) is 36.3 Å². The van der Waals surface area contributed by atoms with E-state index in [9.17, 15) is 15.8 Å². The van der Waals surface area contributed by atoms with Crippen LogP contribution in [0, 0.1) is 56.2 Å². The van der Waals surface area contributed by atoms with Crippen molar-refractivity contribution in [2.24, 2.45) is 16.7 Å². The van der Waals surface area contributed by atoms with Gasteiger partial charge in [0.25, 0.3) is 0 Å². The van der Waals surface area contributed by atoms with Gasteiger partial charge in [-0.05, 0) is 29.9 Å². The first kappa shape index (κ1) is 20.3. The number of hydrogen-bond acceptors (Lipinski definition) is 6. The van der Waals surface area contributed by atoms with Gasteiger partial charge in [0.1, 0.15) is 6.10 Å². The smallest absolute Gasteiger partial charge is 0.217 e. The van der Waals surface area contributed by atoms with E-state index in [0.29, 0.717) is 19.3 Å². The van der Waals surface area contributed by atoms with E-state index in [1.54, 1.807) is 0 Å². The highest BCUT2D eigenvalue weighted by Crippen LogP contribution is 2.67. The molecular formula is C26H22N4O2. The standard InChI is InChI=1S/C26H22N4O2/c27-15-24(16-28)22(13-18-7-3-1-4-8-18)31-26-12-11-20(19-9-5-2-6-10-19)14-21(26)25(24,17-29)23(30)32-26/h1-10,20-22,30H,11-14H2. The van der Waals surface area contributed by atoms with Gasteiger partial charge in [-0.25, -0.2) is 0 Å². The fraction of sp³-hybridized carbons (Fsp3) is 0.385. The third-order valence-corrected chi connectivity index (χ3v) is 7.56. The highest BCUT2D eigenvalue weighted by atomic mass is 16.7. The fourth-order valence-corrected chi connectivity index (χ4v) is 5.99. The van der Waals surface area contributed by atoms with E-state index < -0.39 is 28.6 Å². The maximum Gasteiger partial charge on any atom is 0.217 e. The molecule has 0 aromatic heterocycles. The van der Waals surface area contributed by atoms with Gasteiger partial charge in [-0.15, -0.1) is 0 Å². The normalized spacial score (nSPS) is 34.3. The van der Waals surface area contributed by atoms with E-state index in [4.69, 9.17) is 14.9 Å². The van der Waals surface area contributed by atoms with Crippen LogP contribution in [0.5, 0.6) is 0 Å². The van der Waals surface area contributed by atoms with Crippen LogP contribution >= 0.6 is 0 Å². The van der Waals surface area contributed by atoms with Gasteiger partial charge in [-0.2, -0.15) is 15.8 Å². The van der Waals surface area contributed by atoms with E-state index in [-0.39, 0.29) is 11.8 Å². The Balaban J connectivity index is 1.62. The highest BCUT2D eigenvalue weighted by molar-refractivity contribution is 5.89. The van der Waals surface area contributed by atoms with Crippen LogP contribution in [0.2, 0.25) is 0 Å². The van der Waals surface area contributed by atoms with Crippen molar-refractivity contribution in [1.29, 1.82) is 21.2 Å². The Morgan fingerprint density at radius 3 is 2.22 bits per heavy atom. The summed E-state index contributed by atoms with van der Waals surface area (Å²) >= 11 is 0. The SMILES string of the molecule is N#CC1(C#N)C(Cc2ccccc2)OC23CCC(c4ccccc4)CC2C1(C#N)C(=N)O3. The molecule has 2 heterocycles. The zero-order chi connectivity index (χ0) is 22.4. The molecule has 5 rings (SSSR count). The summed E-state index contributed by atoms with van der Waals surface area (Å²) in [5, 5.41) is 39.9. The number of hydrogen-bond donors (Lipinski definition) is 1. The number of ether oxygens (including phenoxy) is 2. The minimum atomic E-state index is -1.85. The zero-order valence-corrected chi connectivity index (χ0v) is 17.5. The predicted molar refractivity (Wildman–Crippen MR) is 115 cm³/mol. The first-order valence-electron chi connectivity index (χ1n) is 10.8. The van der Waals surface area contributed by atoms with E-state index in [1.807, 2.05) is 48.5 Å². The van der Waals surface area contributed by atoms with Crippen LogP contribution in [0.15, 0.2) is 60.7 Å². The molecule has 1 N–H and O–H groups in total. The van der Waals surface area contributed by atoms with Crippen molar-refractivity contribution in [3.8, 4) is 18.2 Å². The Bertz CT molecular complexity index is 1160. The van der Waals surface area contributed by atoms with Crippen LogP contribution in [-0.4, -0.2) is 17.8 Å². The summed E-state index contributed by atoms with van der Waals surface area (Å²) in [5.74, 6) is -1.90. The molecule has 2 bridgehead atoms. The van der Waals surface area contributed by atoms with Crippen LogP contribution in [0.3, 0.4) is 0 Å². The van der Waals surface area contributed by atoms with Crippen molar-refractivity contribution < 1.29 is 9.47 Å². The topological polar surface area (TPSA) is 114 Å². The third kappa shape index (κ3) is 2.49. The quantitative estimate of drug-likeness (QED) is 0.784. The molecule has 0 amide bonds. The number of benzene rings is 2. The maximum atomic E-state index is 10.5. The predicted octanol–water partition coefficient (Wildman–Crippen LogP) is 4.46. The Hall–Kier alpha value is -3.66. The summed E-state index contributed by atoms with van der Waals surface area (Å²) in [5.41, 5.74) is -1.48. The highest BCUT2D eigenvalue weighted by Gasteiger charge is 2.80. The fourth-order valence-electron chi connectivity index (χ4n) is 5.99. The van der Waals surface area contributed by atoms with E-state index in [1.165, 1.54) is 0 Å². The lowest BCUT2D eigenvalue weighted by Crippen LogP contribution is -2.64. The molecule has 2 aliphatic heterocycles. The van der Waals surface area contributed by atoms with Crippen LogP contribution in [0.4, 0.5) is 0 Å². The van der Waals surface area contributed by atoms with Crippen LogP contribution in [0.25, 0.3) is 0 Å². The third-order valence-electron chi connectivity index (χ3n) is 7.56. The van der Waals surface area contributed by atoms with Crippen molar-refractivity contribution in [2.45, 2.75) is 43.5 Å². The summed E-state index contributed by atoms with van der Waals surface area (Å²) in [6.07, 6.45) is 1.20. The molecular weight excluding hydrogens is 400 g/mol. The van der Waals surface area contributed by atoms with Gasteiger partial charge in [0, 0.05) is 12.8 Å². The van der Waals surface area contributed by atoms with Crippen molar-refractivity contribution in [3.63, 3.8) is 0 Å². The summed E-state index contributed by atoms with van der Waals surface area (Å²) < 4.78 is 12.5. The summed E-state index contributed by atoms with van der Waals surface area (Å²) in [4.78, 5) is 0. The lowest BCUT2D eigenvalue weighted by molar-refractivity contribution is -0.292. The zero-order valence-electron chi connectivity index (χ0n) is 17.5. The molecule has 0 radical (unpaired) electrons. The molecule has 1 aliphatic carbocycles. The molecule has 2 saturated heterocycles. The van der Waals surface area contributed by atoms with Crippen molar-refractivity contribution in [3.05, 3.63) is 71.8 Å². The molecule has 6 nitrogen and oxygen atoms in total. The second-order valence-corrected chi connectivity index (χ2v) is 8.93. The molecule has 158 valence electrons. The Labute approximate surface area is 187 Å². The molecule has 3 aliphatic rings. The Morgan fingerprint density at radius 2 is 1.59 bits per heavy atom. The molecule has 5 unspecified atom stereocenters. The average molecular weight is 422 g/mol. The number of rotatable bonds is 3. The monoisotopic (exact) mass is 422 g/mol. The molecule has 0 spiro atoms. The Kier molecular flexibility index (Phi) is 4.55. The Morgan fingerprint density at radius 1 is 0.938 bits per heavy atom. The molecule has 32 heavy (non-hydrogen) atoms. The minimum Gasteiger partial charge on any atom is -0.447 e. The molecule has 5 atom stereocenters. The lowest BCUT2D eigenvalue weighted by atomic mass is 9.50. The van der Waals surface area contributed by atoms with Gasteiger partial charge in [-0.3, -0.25) is 5.41 Å². The second-order valence-electron chi connectivity index (χ2n) is 8.93.